The quantitative estimate of drug-likeness (QED) is 0.210. The number of carbonyl (C=O) groups excluding carboxylic acids is 2. The maximum absolute atomic E-state index is 14.9. The monoisotopic (exact) mass is 794 g/mol. The van der Waals surface area contributed by atoms with E-state index in [4.69, 9.17) is 32.8 Å². The minimum Gasteiger partial charge on any atom is -0.504 e. The van der Waals surface area contributed by atoms with Crippen LogP contribution in [0.25, 0.3) is 11.0 Å². The fourth-order valence-corrected chi connectivity index (χ4v) is 12.4. The van der Waals surface area contributed by atoms with Crippen molar-refractivity contribution in [2.24, 2.45) is 0 Å². The Morgan fingerprint density at radius 3 is 2.65 bits per heavy atom. The summed E-state index contributed by atoms with van der Waals surface area (Å²) >= 11 is 1.50. The average molecular weight is 795 g/mol. The molecule has 1 spiro atoms. The SMILES string of the molecule is COc1ccc2oc3c(c2c1)CCN[C@]31CS[C@@H]2c3c(OC(C)=O)c(C)c4c(c3[C@H](COC1=O)N1[C@@H]2[C@@H]2c3c(cc(C)c(OC)c3O)CC1(C#N)CN2C)OCO4. The van der Waals surface area contributed by atoms with E-state index >= 15 is 0 Å². The summed E-state index contributed by atoms with van der Waals surface area (Å²) in [4.78, 5) is 32.3. The molecule has 0 aliphatic carbocycles. The highest BCUT2D eigenvalue weighted by atomic mass is 32.2. The Morgan fingerprint density at radius 1 is 1.09 bits per heavy atom. The van der Waals surface area contributed by atoms with Gasteiger partial charge in [0.25, 0.3) is 0 Å². The summed E-state index contributed by atoms with van der Waals surface area (Å²) in [6.07, 6.45) is 0.903. The smallest absolute Gasteiger partial charge is 0.335 e. The van der Waals surface area contributed by atoms with E-state index in [1.54, 1.807) is 7.11 Å². The van der Waals surface area contributed by atoms with Gasteiger partial charge in [-0.3, -0.25) is 19.9 Å². The summed E-state index contributed by atoms with van der Waals surface area (Å²) in [6, 6.07) is 8.59. The van der Waals surface area contributed by atoms with Crippen molar-refractivity contribution in [1.82, 2.24) is 15.1 Å². The zero-order valence-electron chi connectivity index (χ0n) is 32.4. The number of likely N-dealkylation sites (N-methyl/N-ethyl adjacent to an activating group) is 1. The van der Waals surface area contributed by atoms with Gasteiger partial charge in [0, 0.05) is 71.4 Å². The molecule has 0 radical (unpaired) electrons. The number of benzene rings is 3. The molecule has 2 saturated heterocycles. The molecular weight excluding hydrogens is 753 g/mol. The molecule has 9 heterocycles. The van der Waals surface area contributed by atoms with Crippen LogP contribution < -0.4 is 29.0 Å². The van der Waals surface area contributed by atoms with E-state index in [1.807, 2.05) is 45.2 Å². The summed E-state index contributed by atoms with van der Waals surface area (Å²) in [5, 5.41) is 27.5. The van der Waals surface area contributed by atoms with E-state index in [-0.39, 0.29) is 31.3 Å². The normalized spacial score (nSPS) is 29.4. The topological polar surface area (TPSA) is 165 Å². The molecule has 4 bridgehead atoms. The third-order valence-corrected chi connectivity index (χ3v) is 14.3. The number of rotatable bonds is 3. The van der Waals surface area contributed by atoms with E-state index in [9.17, 15) is 20.0 Å². The molecule has 3 aromatic carbocycles. The Morgan fingerprint density at radius 2 is 1.89 bits per heavy atom. The van der Waals surface area contributed by atoms with Gasteiger partial charge in [-0.15, -0.1) is 11.8 Å². The summed E-state index contributed by atoms with van der Waals surface area (Å²) in [5.74, 6) is 1.96. The lowest BCUT2D eigenvalue weighted by molar-refractivity contribution is -0.158. The second-order valence-corrected chi connectivity index (χ2v) is 17.0. The Balaban J connectivity index is 1.25. The van der Waals surface area contributed by atoms with Gasteiger partial charge in [0.1, 0.15) is 35.0 Å². The Bertz CT molecular complexity index is 2480. The molecule has 1 aromatic heterocycles. The van der Waals surface area contributed by atoms with Crippen LogP contribution in [0.1, 0.15) is 69.0 Å². The maximum atomic E-state index is 14.9. The lowest BCUT2D eigenvalue weighted by Gasteiger charge is -2.60. The number of ether oxygens (including phenoxy) is 6. The van der Waals surface area contributed by atoms with Crippen molar-refractivity contribution in [2.45, 2.75) is 68.1 Å². The number of hydrogen-bond acceptors (Lipinski definition) is 15. The van der Waals surface area contributed by atoms with E-state index in [0.717, 1.165) is 22.1 Å². The Kier molecular flexibility index (Phi) is 8.06. The molecule has 0 amide bonds. The number of phenolic OH excluding ortho intramolecular Hbond substituents is 1. The number of fused-ring (bicyclic) bond motifs is 8. The highest BCUT2D eigenvalue weighted by Gasteiger charge is 2.64. The van der Waals surface area contributed by atoms with E-state index in [2.05, 4.69) is 21.2 Å². The highest BCUT2D eigenvalue weighted by Crippen LogP contribution is 2.65. The van der Waals surface area contributed by atoms with Crippen LogP contribution in [0.2, 0.25) is 0 Å². The number of furan rings is 1. The zero-order chi connectivity index (χ0) is 39.7. The zero-order valence-corrected chi connectivity index (χ0v) is 33.3. The first-order valence-corrected chi connectivity index (χ1v) is 20.1. The third-order valence-electron chi connectivity index (χ3n) is 12.9. The van der Waals surface area contributed by atoms with Gasteiger partial charge in [0.2, 0.25) is 6.79 Å². The fraction of sp³-hybridized carbons (Fsp3) is 0.452. The summed E-state index contributed by atoms with van der Waals surface area (Å²) in [5.41, 5.74) is 3.20. The van der Waals surface area contributed by atoms with Crippen molar-refractivity contribution in [3.63, 3.8) is 0 Å². The first-order chi connectivity index (χ1) is 27.5. The van der Waals surface area contributed by atoms with Gasteiger partial charge >= 0.3 is 11.9 Å². The van der Waals surface area contributed by atoms with Crippen LogP contribution in [0, 0.1) is 25.2 Å². The van der Waals surface area contributed by atoms with Gasteiger partial charge in [0.15, 0.2) is 28.5 Å². The second kappa shape index (κ2) is 12.7. The summed E-state index contributed by atoms with van der Waals surface area (Å²) in [6.45, 7) is 5.68. The molecule has 14 nitrogen and oxygen atoms in total. The van der Waals surface area contributed by atoms with Crippen LogP contribution in [0.5, 0.6) is 34.5 Å². The molecule has 2 N–H and O–H groups in total. The molecule has 12 rings (SSSR count). The van der Waals surface area contributed by atoms with Crippen molar-refractivity contribution in [2.75, 3.05) is 53.5 Å². The predicted molar refractivity (Wildman–Crippen MR) is 206 cm³/mol. The molecule has 15 heteroatoms. The van der Waals surface area contributed by atoms with Crippen molar-refractivity contribution in [3.05, 3.63) is 69.0 Å². The number of carbonyl (C=O) groups is 2. The first kappa shape index (κ1) is 36.2. The molecule has 4 aromatic rings. The van der Waals surface area contributed by atoms with Crippen LogP contribution in [0.15, 0.2) is 28.7 Å². The van der Waals surface area contributed by atoms with Crippen LogP contribution in [-0.4, -0.2) is 91.9 Å². The van der Waals surface area contributed by atoms with Crippen LogP contribution in [0.3, 0.4) is 0 Å². The average Bonchev–Trinajstić information content (AvgIpc) is 3.78. The number of nitriles is 1. The van der Waals surface area contributed by atoms with Crippen molar-refractivity contribution < 1.29 is 47.5 Å². The number of hydrogen-bond donors (Lipinski definition) is 2. The molecule has 8 aliphatic heterocycles. The van der Waals surface area contributed by atoms with Gasteiger partial charge in [-0.05, 0) is 56.6 Å². The van der Waals surface area contributed by atoms with Gasteiger partial charge in [-0.1, -0.05) is 6.07 Å². The molecular formula is C42H42N4O10S. The van der Waals surface area contributed by atoms with E-state index < -0.39 is 46.4 Å². The minimum atomic E-state index is -1.40. The van der Waals surface area contributed by atoms with Crippen LogP contribution in [0.4, 0.5) is 0 Å². The molecule has 296 valence electrons. The van der Waals surface area contributed by atoms with Crippen molar-refractivity contribution >= 4 is 34.7 Å². The second-order valence-electron chi connectivity index (χ2n) is 15.9. The fourth-order valence-electron chi connectivity index (χ4n) is 10.7. The Labute approximate surface area is 332 Å². The number of aryl methyl sites for hydroxylation is 1. The predicted octanol–water partition coefficient (Wildman–Crippen LogP) is 5.03. The number of nitrogens with one attached hydrogen (secondary N) is 1. The number of phenols is 1. The highest BCUT2D eigenvalue weighted by molar-refractivity contribution is 7.99. The number of esters is 2. The lowest BCUT2D eigenvalue weighted by atomic mass is 9.76. The first-order valence-electron chi connectivity index (χ1n) is 19.0. The number of methoxy groups -OCH3 is 2. The molecule has 2 unspecified atom stereocenters. The molecule has 2 fully saturated rings. The van der Waals surface area contributed by atoms with Crippen molar-refractivity contribution in [3.8, 4) is 40.6 Å². The largest absolute Gasteiger partial charge is 0.504 e. The number of aromatic hydroxyl groups is 1. The Hall–Kier alpha value is -5.14. The lowest BCUT2D eigenvalue weighted by Crippen LogP contribution is -2.69. The third kappa shape index (κ3) is 4.81. The molecule has 57 heavy (non-hydrogen) atoms. The van der Waals surface area contributed by atoms with E-state index in [1.165, 1.54) is 25.8 Å². The molecule has 8 aliphatic rings. The van der Waals surface area contributed by atoms with Gasteiger partial charge in [0.05, 0.1) is 37.6 Å². The van der Waals surface area contributed by atoms with Gasteiger partial charge < -0.3 is 37.9 Å². The number of piperazine rings is 1. The summed E-state index contributed by atoms with van der Waals surface area (Å²) < 4.78 is 43.0. The van der Waals surface area contributed by atoms with Crippen LogP contribution in [-0.2, 0) is 32.7 Å². The number of nitrogens with zero attached hydrogens (tertiary/aromatic N) is 3. The number of thioether (sulfide) groups is 1. The standard InChI is InChI=1S/C42H42N4O10S/c1-19-11-22-13-41(15-43)16-45(4)31(28(22)33(48)34(19)51-6)32-38-30-29(37-36(53-18-54-37)20(2)35(30)55-21(3)47)26(46(32)41)14-52-40(49)42(17-57-38)39-24(9-10-44-42)25-12-23(50-5)7-8-27(25)56-39/h7-8,11-12,26,31-32,38,44,48H,9-10,13-14,16-18H2,1-6H3/t26-,31-,32+,38+,41?,42+/m0/s1. The maximum Gasteiger partial charge on any atom is 0.335 e. The molecule has 0 saturated carbocycles. The van der Waals surface area contributed by atoms with E-state index in [0.29, 0.717) is 81.9 Å². The molecule has 7 atom stereocenters. The van der Waals surface area contributed by atoms with Crippen LogP contribution >= 0.6 is 11.8 Å². The van der Waals surface area contributed by atoms with Gasteiger partial charge in [-0.2, -0.15) is 5.26 Å². The minimum absolute atomic E-state index is 0.0272. The van der Waals surface area contributed by atoms with Gasteiger partial charge in [-0.25, -0.2) is 4.79 Å². The van der Waals surface area contributed by atoms with Crippen molar-refractivity contribution in [1.29, 1.82) is 5.26 Å². The summed E-state index contributed by atoms with van der Waals surface area (Å²) in [7, 11) is 5.13.